The van der Waals surface area contributed by atoms with E-state index in [-0.39, 0.29) is 5.41 Å². The first-order valence-electron chi connectivity index (χ1n) is 6.62. The number of thiazole rings is 1. The minimum absolute atomic E-state index is 0.173. The van der Waals surface area contributed by atoms with Crippen LogP contribution in [0.3, 0.4) is 0 Å². The highest BCUT2D eigenvalue weighted by Crippen LogP contribution is 2.36. The van der Waals surface area contributed by atoms with Crippen LogP contribution in [0, 0.1) is 25.2 Å². The van der Waals surface area contributed by atoms with Crippen LogP contribution in [0.25, 0.3) is 0 Å². The van der Waals surface area contributed by atoms with Gasteiger partial charge in [0, 0.05) is 16.8 Å². The van der Waals surface area contributed by atoms with Crippen molar-refractivity contribution in [3.8, 4) is 0 Å². The number of aryl methyl sites for hydroxylation is 2. The number of carbonyl (C=O) groups excluding carboxylic acids is 1. The predicted octanol–water partition coefficient (Wildman–Crippen LogP) is 2.51. The second-order valence-corrected chi connectivity index (χ2v) is 6.87. The molecule has 100 valence electrons. The Labute approximate surface area is 113 Å². The van der Waals surface area contributed by atoms with E-state index in [0.717, 1.165) is 30.2 Å². The quantitative estimate of drug-likeness (QED) is 0.910. The number of aromatic nitrogens is 1. The van der Waals surface area contributed by atoms with Gasteiger partial charge in [-0.2, -0.15) is 0 Å². The van der Waals surface area contributed by atoms with E-state index >= 15 is 0 Å². The first-order chi connectivity index (χ1) is 8.45. The van der Waals surface area contributed by atoms with Crippen LogP contribution in [0.5, 0.6) is 0 Å². The zero-order valence-corrected chi connectivity index (χ0v) is 12.5. The van der Waals surface area contributed by atoms with Crippen LogP contribution in [-0.2, 0) is 11.2 Å². The van der Waals surface area contributed by atoms with Crippen molar-refractivity contribution in [2.45, 2.75) is 40.5 Å². The van der Waals surface area contributed by atoms with E-state index in [1.54, 1.807) is 11.3 Å². The van der Waals surface area contributed by atoms with E-state index in [4.69, 9.17) is 0 Å². The zero-order valence-electron chi connectivity index (χ0n) is 11.7. The van der Waals surface area contributed by atoms with E-state index in [1.165, 1.54) is 4.88 Å². The van der Waals surface area contributed by atoms with Gasteiger partial charge in [0.2, 0.25) is 0 Å². The van der Waals surface area contributed by atoms with Gasteiger partial charge < -0.3 is 5.32 Å². The Morgan fingerprint density at radius 2 is 2.22 bits per heavy atom. The molecule has 0 bridgehead atoms. The van der Waals surface area contributed by atoms with E-state index in [0.29, 0.717) is 18.1 Å². The van der Waals surface area contributed by atoms with Crippen LogP contribution in [0.1, 0.15) is 35.8 Å². The van der Waals surface area contributed by atoms with E-state index in [9.17, 15) is 4.79 Å². The SMILES string of the molecule is Cc1nc(CC(=O)C2(C(C)C)CCNC2)sc1C. The van der Waals surface area contributed by atoms with Crippen LogP contribution < -0.4 is 5.32 Å². The molecule has 2 heterocycles. The third-order valence-corrected chi connectivity index (χ3v) is 5.31. The molecule has 4 heteroatoms. The van der Waals surface area contributed by atoms with Crippen molar-refractivity contribution < 1.29 is 4.79 Å². The third-order valence-electron chi connectivity index (χ3n) is 4.23. The third kappa shape index (κ3) is 2.36. The van der Waals surface area contributed by atoms with Gasteiger partial charge in [-0.25, -0.2) is 4.98 Å². The second kappa shape index (κ2) is 5.10. The smallest absolute Gasteiger partial charge is 0.147 e. The lowest BCUT2D eigenvalue weighted by Gasteiger charge is -2.30. The summed E-state index contributed by atoms with van der Waals surface area (Å²) in [4.78, 5) is 18.3. The Balaban J connectivity index is 2.15. The first kappa shape index (κ1) is 13.7. The minimum atomic E-state index is -0.173. The monoisotopic (exact) mass is 266 g/mol. The fraction of sp³-hybridized carbons (Fsp3) is 0.714. The lowest BCUT2D eigenvalue weighted by molar-refractivity contribution is -0.129. The fourth-order valence-corrected chi connectivity index (χ4v) is 3.62. The number of Topliss-reactive ketones (excluding diaryl/α,β-unsaturated/α-hetero) is 1. The van der Waals surface area contributed by atoms with Gasteiger partial charge in [0.1, 0.15) is 10.8 Å². The molecule has 0 saturated carbocycles. The highest BCUT2D eigenvalue weighted by atomic mass is 32.1. The number of hydrogen-bond acceptors (Lipinski definition) is 4. The summed E-state index contributed by atoms with van der Waals surface area (Å²) >= 11 is 1.66. The van der Waals surface area contributed by atoms with Crippen LogP contribution in [0.15, 0.2) is 0 Å². The molecule has 1 aromatic heterocycles. The van der Waals surface area contributed by atoms with Gasteiger partial charge in [-0.15, -0.1) is 11.3 Å². The minimum Gasteiger partial charge on any atom is -0.316 e. The largest absolute Gasteiger partial charge is 0.316 e. The summed E-state index contributed by atoms with van der Waals surface area (Å²) < 4.78 is 0. The summed E-state index contributed by atoms with van der Waals surface area (Å²) in [5.41, 5.74) is 0.888. The summed E-state index contributed by atoms with van der Waals surface area (Å²) in [5.74, 6) is 0.749. The number of nitrogens with one attached hydrogen (secondary N) is 1. The van der Waals surface area contributed by atoms with Crippen molar-refractivity contribution in [1.29, 1.82) is 0 Å². The summed E-state index contributed by atoms with van der Waals surface area (Å²) in [5, 5.41) is 4.31. The summed E-state index contributed by atoms with van der Waals surface area (Å²) in [7, 11) is 0. The summed E-state index contributed by atoms with van der Waals surface area (Å²) in [6.07, 6.45) is 1.46. The van der Waals surface area contributed by atoms with Gasteiger partial charge in [0.15, 0.2) is 0 Å². The highest BCUT2D eigenvalue weighted by Gasteiger charge is 2.43. The molecule has 18 heavy (non-hydrogen) atoms. The van der Waals surface area contributed by atoms with Crippen molar-refractivity contribution in [3.05, 3.63) is 15.6 Å². The first-order valence-corrected chi connectivity index (χ1v) is 7.44. The normalized spacial score (nSPS) is 23.8. The average molecular weight is 266 g/mol. The molecule has 1 aromatic rings. The van der Waals surface area contributed by atoms with Crippen LogP contribution in [0.4, 0.5) is 0 Å². The summed E-state index contributed by atoms with van der Waals surface area (Å²) in [6, 6.07) is 0. The van der Waals surface area contributed by atoms with Gasteiger partial charge in [-0.1, -0.05) is 13.8 Å². The molecule has 1 N–H and O–H groups in total. The van der Waals surface area contributed by atoms with E-state index in [2.05, 4.69) is 31.1 Å². The maximum atomic E-state index is 12.6. The van der Waals surface area contributed by atoms with Crippen LogP contribution in [0.2, 0.25) is 0 Å². The molecular weight excluding hydrogens is 244 g/mol. The van der Waals surface area contributed by atoms with Crippen molar-refractivity contribution in [1.82, 2.24) is 10.3 Å². The van der Waals surface area contributed by atoms with Crippen LogP contribution in [-0.4, -0.2) is 23.9 Å². The van der Waals surface area contributed by atoms with Gasteiger partial charge in [0.25, 0.3) is 0 Å². The van der Waals surface area contributed by atoms with Crippen molar-refractivity contribution in [2.24, 2.45) is 11.3 Å². The van der Waals surface area contributed by atoms with Crippen LogP contribution >= 0.6 is 11.3 Å². The van der Waals surface area contributed by atoms with E-state index < -0.39 is 0 Å². The molecule has 2 rings (SSSR count). The molecule has 0 spiro atoms. The number of carbonyl (C=O) groups is 1. The molecule has 1 aliphatic heterocycles. The molecule has 0 aromatic carbocycles. The Hall–Kier alpha value is -0.740. The van der Waals surface area contributed by atoms with Gasteiger partial charge in [-0.3, -0.25) is 4.79 Å². The van der Waals surface area contributed by atoms with Crippen molar-refractivity contribution in [2.75, 3.05) is 13.1 Å². The number of nitrogens with zero attached hydrogens (tertiary/aromatic N) is 1. The molecule has 1 aliphatic rings. The second-order valence-electron chi connectivity index (χ2n) is 5.59. The number of rotatable bonds is 4. The predicted molar refractivity (Wildman–Crippen MR) is 75.1 cm³/mol. The molecule has 1 fully saturated rings. The maximum Gasteiger partial charge on any atom is 0.147 e. The molecular formula is C14H22N2OS. The Morgan fingerprint density at radius 1 is 1.50 bits per heavy atom. The molecule has 0 radical (unpaired) electrons. The molecule has 1 unspecified atom stereocenters. The Kier molecular flexibility index (Phi) is 3.87. The van der Waals surface area contributed by atoms with Crippen molar-refractivity contribution >= 4 is 17.1 Å². The number of hydrogen-bond donors (Lipinski definition) is 1. The maximum absolute atomic E-state index is 12.6. The lowest BCUT2D eigenvalue weighted by Crippen LogP contribution is -2.39. The fourth-order valence-electron chi connectivity index (χ4n) is 2.69. The number of ketones is 1. The molecule has 1 atom stereocenters. The van der Waals surface area contributed by atoms with E-state index in [1.807, 2.05) is 6.92 Å². The van der Waals surface area contributed by atoms with Gasteiger partial charge in [-0.05, 0) is 32.7 Å². The molecule has 1 saturated heterocycles. The lowest BCUT2D eigenvalue weighted by atomic mass is 9.72. The standard InChI is InChI=1S/C14H22N2OS/c1-9(2)14(5-6-15-8-14)12(17)7-13-16-10(3)11(4)18-13/h9,15H,5-8H2,1-4H3. The van der Waals surface area contributed by atoms with Crippen molar-refractivity contribution in [3.63, 3.8) is 0 Å². The summed E-state index contributed by atoms with van der Waals surface area (Å²) in [6.45, 7) is 10.2. The van der Waals surface area contributed by atoms with Gasteiger partial charge in [0.05, 0.1) is 12.1 Å². The topological polar surface area (TPSA) is 42.0 Å². The molecule has 3 nitrogen and oxygen atoms in total. The average Bonchev–Trinajstić information content (AvgIpc) is 2.87. The Morgan fingerprint density at radius 3 is 2.67 bits per heavy atom. The molecule has 0 aliphatic carbocycles. The molecule has 0 amide bonds. The Bertz CT molecular complexity index is 425. The van der Waals surface area contributed by atoms with Gasteiger partial charge >= 0.3 is 0 Å². The zero-order chi connectivity index (χ0) is 13.3. The highest BCUT2D eigenvalue weighted by molar-refractivity contribution is 7.11.